The van der Waals surface area contributed by atoms with Gasteiger partial charge in [0.15, 0.2) is 12.4 Å². The molecule has 4 N–H and O–H groups in total. The van der Waals surface area contributed by atoms with Crippen LogP contribution in [0.5, 0.6) is 0 Å². The topological polar surface area (TPSA) is 146 Å². The van der Waals surface area contributed by atoms with E-state index >= 15 is 0 Å². The Morgan fingerprint density at radius 1 is 1.18 bits per heavy atom. The number of aliphatic hydroxyl groups is 1. The van der Waals surface area contributed by atoms with Gasteiger partial charge in [0.2, 0.25) is 0 Å². The number of ether oxygens (including phenoxy) is 4. The van der Waals surface area contributed by atoms with E-state index in [1.165, 1.54) is 6.92 Å². The summed E-state index contributed by atoms with van der Waals surface area (Å²) in [4.78, 5) is 33.9. The number of amides is 2. The summed E-state index contributed by atoms with van der Waals surface area (Å²) in [6.45, 7) is 2.21. The van der Waals surface area contributed by atoms with Gasteiger partial charge in [-0.3, -0.25) is 9.59 Å². The molecule has 1 aromatic carbocycles. The highest BCUT2D eigenvalue weighted by molar-refractivity contribution is 5.72. The van der Waals surface area contributed by atoms with Gasteiger partial charge < -0.3 is 35.1 Å². The molecule has 0 saturated carbocycles. The van der Waals surface area contributed by atoms with Gasteiger partial charge in [-0.2, -0.15) is 0 Å². The lowest BCUT2D eigenvalue weighted by atomic mass is 9.96. The maximum absolute atomic E-state index is 11.4. The van der Waals surface area contributed by atoms with Gasteiger partial charge in [-0.1, -0.05) is 30.3 Å². The second kappa shape index (κ2) is 10.0. The number of nitrogens with two attached hydrogens (primary N) is 1. The third-order valence-corrected chi connectivity index (χ3v) is 3.99. The minimum atomic E-state index is -1.41. The summed E-state index contributed by atoms with van der Waals surface area (Å²) in [5.74, 6) is -1.25. The average Bonchev–Trinajstić information content (AvgIpc) is 2.63. The molecule has 1 aromatic rings. The molecule has 5 atom stereocenters. The fourth-order valence-corrected chi connectivity index (χ4v) is 2.80. The van der Waals surface area contributed by atoms with Crippen molar-refractivity contribution in [1.29, 1.82) is 0 Å². The van der Waals surface area contributed by atoms with Crippen LogP contribution in [0.1, 0.15) is 19.4 Å². The number of nitrogens with one attached hydrogen (secondary N) is 1. The van der Waals surface area contributed by atoms with Crippen LogP contribution in [0.25, 0.3) is 0 Å². The predicted octanol–water partition coefficient (Wildman–Crippen LogP) is -0.179. The number of esters is 2. The Morgan fingerprint density at radius 3 is 2.43 bits per heavy atom. The molecule has 1 aliphatic heterocycles. The van der Waals surface area contributed by atoms with Crippen LogP contribution < -0.4 is 11.1 Å². The van der Waals surface area contributed by atoms with Crippen molar-refractivity contribution in [2.75, 3.05) is 6.61 Å². The largest absolute Gasteiger partial charge is 0.463 e. The number of rotatable bonds is 7. The first-order valence-electron chi connectivity index (χ1n) is 8.63. The van der Waals surface area contributed by atoms with Crippen LogP contribution >= 0.6 is 0 Å². The third kappa shape index (κ3) is 6.19. The van der Waals surface area contributed by atoms with Crippen molar-refractivity contribution in [3.8, 4) is 0 Å². The van der Waals surface area contributed by atoms with Crippen molar-refractivity contribution < 1.29 is 38.4 Å². The molecular weight excluding hydrogens is 372 g/mol. The minimum absolute atomic E-state index is 0.119. The van der Waals surface area contributed by atoms with E-state index < -0.39 is 48.6 Å². The molecule has 0 spiro atoms. The number of hydrogen-bond donors (Lipinski definition) is 3. The van der Waals surface area contributed by atoms with Crippen molar-refractivity contribution in [2.45, 2.75) is 51.1 Å². The van der Waals surface area contributed by atoms with Crippen molar-refractivity contribution in [3.05, 3.63) is 35.9 Å². The summed E-state index contributed by atoms with van der Waals surface area (Å²) in [5, 5.41) is 13.0. The van der Waals surface area contributed by atoms with Crippen LogP contribution in [0.2, 0.25) is 0 Å². The molecule has 28 heavy (non-hydrogen) atoms. The summed E-state index contributed by atoms with van der Waals surface area (Å²) in [5.41, 5.74) is 6.02. The molecule has 1 heterocycles. The second-order valence-corrected chi connectivity index (χ2v) is 6.24. The van der Waals surface area contributed by atoms with E-state index in [0.717, 1.165) is 12.5 Å². The highest BCUT2D eigenvalue weighted by Crippen LogP contribution is 2.26. The standard InChI is InChI=1S/C18H24N2O8/c1-10(21)25-9-13-16(27-11(2)22)15(23)14(20-18(19)24)17(28-13)26-8-12-6-4-3-5-7-12/h3-7,13-17,23H,8-9H2,1-2H3,(H3,19,20,24)/t13-,14-,15-,16-,17-/m1/s1. The van der Waals surface area contributed by atoms with Gasteiger partial charge in [0.25, 0.3) is 0 Å². The molecule has 0 radical (unpaired) electrons. The van der Waals surface area contributed by atoms with Gasteiger partial charge in [-0.05, 0) is 5.56 Å². The number of hydrogen-bond acceptors (Lipinski definition) is 8. The highest BCUT2D eigenvalue weighted by Gasteiger charge is 2.48. The van der Waals surface area contributed by atoms with Crippen LogP contribution in [-0.2, 0) is 35.1 Å². The third-order valence-electron chi connectivity index (χ3n) is 3.99. The lowest BCUT2D eigenvalue weighted by Crippen LogP contribution is -2.66. The Hall–Kier alpha value is -2.69. The Balaban J connectivity index is 2.19. The van der Waals surface area contributed by atoms with Gasteiger partial charge in [0, 0.05) is 13.8 Å². The molecule has 1 saturated heterocycles. The van der Waals surface area contributed by atoms with Gasteiger partial charge in [0.05, 0.1) is 6.61 Å². The zero-order valence-electron chi connectivity index (χ0n) is 15.6. The maximum atomic E-state index is 11.4. The summed E-state index contributed by atoms with van der Waals surface area (Å²) >= 11 is 0. The van der Waals surface area contributed by atoms with Crippen LogP contribution in [0.3, 0.4) is 0 Å². The lowest BCUT2D eigenvalue weighted by Gasteiger charge is -2.43. The smallest absolute Gasteiger partial charge is 0.312 e. The van der Waals surface area contributed by atoms with Crippen molar-refractivity contribution >= 4 is 18.0 Å². The fraction of sp³-hybridized carbons (Fsp3) is 0.500. The van der Waals surface area contributed by atoms with Gasteiger partial charge in [-0.25, -0.2) is 4.79 Å². The molecule has 10 heteroatoms. The zero-order chi connectivity index (χ0) is 20.7. The summed E-state index contributed by atoms with van der Waals surface area (Å²) in [6.07, 6.45) is -4.75. The number of carbonyl (C=O) groups excluding carboxylic acids is 3. The van der Waals surface area contributed by atoms with E-state index in [0.29, 0.717) is 0 Å². The van der Waals surface area contributed by atoms with Crippen molar-refractivity contribution in [1.82, 2.24) is 5.32 Å². The molecular formula is C18H24N2O8. The van der Waals surface area contributed by atoms with E-state index in [-0.39, 0.29) is 13.2 Å². The summed E-state index contributed by atoms with van der Waals surface area (Å²) < 4.78 is 21.5. The maximum Gasteiger partial charge on any atom is 0.312 e. The quantitative estimate of drug-likeness (QED) is 0.538. The van der Waals surface area contributed by atoms with Gasteiger partial charge in [-0.15, -0.1) is 0 Å². The van der Waals surface area contributed by atoms with E-state index in [4.69, 9.17) is 24.7 Å². The van der Waals surface area contributed by atoms with Crippen LogP contribution in [0.4, 0.5) is 4.79 Å². The molecule has 1 aliphatic rings. The molecule has 1 fully saturated rings. The molecule has 0 unspecified atom stereocenters. The van der Waals surface area contributed by atoms with E-state index in [1.807, 2.05) is 30.3 Å². The van der Waals surface area contributed by atoms with Crippen LogP contribution in [0, 0.1) is 0 Å². The zero-order valence-corrected chi connectivity index (χ0v) is 15.6. The number of urea groups is 1. The Bertz CT molecular complexity index is 681. The van der Waals surface area contributed by atoms with E-state index in [1.54, 1.807) is 0 Å². The number of benzene rings is 1. The minimum Gasteiger partial charge on any atom is -0.463 e. The van der Waals surface area contributed by atoms with E-state index in [9.17, 15) is 19.5 Å². The molecule has 0 bridgehead atoms. The lowest BCUT2D eigenvalue weighted by molar-refractivity contribution is -0.277. The first-order valence-corrected chi connectivity index (χ1v) is 8.63. The van der Waals surface area contributed by atoms with Crippen molar-refractivity contribution in [3.63, 3.8) is 0 Å². The SMILES string of the molecule is CC(=O)OC[C@H]1O[C@@H](OCc2ccccc2)[C@H](NC(N)=O)[C@@H](O)[C@@H]1OC(C)=O. The predicted molar refractivity (Wildman–Crippen MR) is 94.6 cm³/mol. The Labute approximate surface area is 161 Å². The molecule has 0 aromatic heterocycles. The summed E-state index contributed by atoms with van der Waals surface area (Å²) in [7, 11) is 0. The van der Waals surface area contributed by atoms with Crippen LogP contribution in [0.15, 0.2) is 30.3 Å². The summed E-state index contributed by atoms with van der Waals surface area (Å²) in [6, 6.07) is 7.13. The molecule has 154 valence electrons. The molecule has 0 aliphatic carbocycles. The Kier molecular flexibility index (Phi) is 7.73. The second-order valence-electron chi connectivity index (χ2n) is 6.24. The molecule has 2 rings (SSSR count). The number of aliphatic hydroxyl groups excluding tert-OH is 1. The number of primary amides is 1. The molecule has 2 amide bonds. The first kappa shape index (κ1) is 21.6. The normalized spacial score (nSPS) is 26.9. The fourth-order valence-electron chi connectivity index (χ4n) is 2.80. The van der Waals surface area contributed by atoms with Gasteiger partial charge in [0.1, 0.15) is 24.9 Å². The van der Waals surface area contributed by atoms with Crippen LogP contribution in [-0.4, -0.2) is 60.3 Å². The average molecular weight is 396 g/mol. The van der Waals surface area contributed by atoms with Crippen molar-refractivity contribution in [2.24, 2.45) is 5.73 Å². The monoisotopic (exact) mass is 396 g/mol. The van der Waals surface area contributed by atoms with Gasteiger partial charge >= 0.3 is 18.0 Å². The number of carbonyl (C=O) groups is 3. The Morgan fingerprint density at radius 2 is 1.86 bits per heavy atom. The molecule has 10 nitrogen and oxygen atoms in total. The van der Waals surface area contributed by atoms with E-state index in [2.05, 4.69) is 5.32 Å². The first-order chi connectivity index (χ1) is 13.3. The highest BCUT2D eigenvalue weighted by atomic mass is 16.7.